The van der Waals surface area contributed by atoms with E-state index < -0.39 is 0 Å². The quantitative estimate of drug-likeness (QED) is 0.861. The molecule has 0 saturated carbocycles. The molecule has 1 fully saturated rings. The lowest BCUT2D eigenvalue weighted by Crippen LogP contribution is -2.38. The molecule has 0 aliphatic carbocycles. The van der Waals surface area contributed by atoms with E-state index in [0.29, 0.717) is 0 Å². The molecule has 1 saturated heterocycles. The van der Waals surface area contributed by atoms with E-state index in [9.17, 15) is 0 Å². The van der Waals surface area contributed by atoms with Crippen molar-refractivity contribution in [1.82, 2.24) is 14.4 Å². The second-order valence-corrected chi connectivity index (χ2v) is 7.12. The number of likely N-dealkylation sites (N-methyl/N-ethyl adjacent to an activating group) is 1. The van der Waals surface area contributed by atoms with Gasteiger partial charge < -0.3 is 14.2 Å². The Morgan fingerprint density at radius 2 is 1.96 bits per heavy atom. The third-order valence-corrected chi connectivity index (χ3v) is 5.39. The number of hydrogen-bond donors (Lipinski definition) is 0. The van der Waals surface area contributed by atoms with Crippen molar-refractivity contribution in [2.45, 2.75) is 19.5 Å². The Morgan fingerprint density at radius 1 is 1.13 bits per heavy atom. The van der Waals surface area contributed by atoms with Gasteiger partial charge in [0.05, 0.1) is 13.2 Å². The Hall–Kier alpha value is -1.07. The van der Waals surface area contributed by atoms with Gasteiger partial charge in [-0.15, -0.1) is 0 Å². The van der Waals surface area contributed by atoms with Crippen molar-refractivity contribution in [1.29, 1.82) is 0 Å². The fourth-order valence-electron chi connectivity index (χ4n) is 3.88. The predicted octanol–water partition coefficient (Wildman–Crippen LogP) is 2.61. The van der Waals surface area contributed by atoms with Crippen molar-refractivity contribution in [3.63, 3.8) is 0 Å². The first-order chi connectivity index (χ1) is 11.2. The first-order valence-corrected chi connectivity index (χ1v) is 8.88. The molecular weight excluding hydrogens is 310 g/mol. The van der Waals surface area contributed by atoms with Crippen LogP contribution in [0.2, 0.25) is 5.02 Å². The molecule has 0 bridgehead atoms. The molecule has 0 spiro atoms. The van der Waals surface area contributed by atoms with Crippen LogP contribution in [0.15, 0.2) is 18.2 Å². The minimum Gasteiger partial charge on any atom is -0.379 e. The molecule has 2 aliphatic rings. The molecule has 4 nitrogen and oxygen atoms in total. The van der Waals surface area contributed by atoms with E-state index in [1.54, 1.807) is 0 Å². The fraction of sp³-hybridized carbons (Fsp3) is 0.556. The van der Waals surface area contributed by atoms with Gasteiger partial charge in [-0.1, -0.05) is 11.6 Å². The van der Waals surface area contributed by atoms with Gasteiger partial charge in [-0.25, -0.2) is 0 Å². The smallest absolute Gasteiger partial charge is 0.0594 e. The summed E-state index contributed by atoms with van der Waals surface area (Å²) in [6, 6.07) is 6.35. The third kappa shape index (κ3) is 3.01. The Labute approximate surface area is 142 Å². The van der Waals surface area contributed by atoms with Crippen LogP contribution < -0.4 is 0 Å². The highest BCUT2D eigenvalue weighted by molar-refractivity contribution is 6.31. The summed E-state index contributed by atoms with van der Waals surface area (Å²) in [7, 11) is 2.20. The average molecular weight is 334 g/mol. The van der Waals surface area contributed by atoms with Gasteiger partial charge in [0.25, 0.3) is 0 Å². The number of halogens is 1. The van der Waals surface area contributed by atoms with E-state index in [1.807, 2.05) is 6.07 Å². The van der Waals surface area contributed by atoms with Crippen LogP contribution in [-0.4, -0.2) is 60.8 Å². The van der Waals surface area contributed by atoms with Gasteiger partial charge in [-0.2, -0.15) is 0 Å². The topological polar surface area (TPSA) is 20.6 Å². The van der Waals surface area contributed by atoms with Gasteiger partial charge in [-0.05, 0) is 30.8 Å². The highest BCUT2D eigenvalue weighted by Crippen LogP contribution is 2.32. The number of nitrogens with zero attached hydrogens (tertiary/aromatic N) is 3. The van der Waals surface area contributed by atoms with Crippen LogP contribution in [0, 0.1) is 0 Å². The van der Waals surface area contributed by atoms with Crippen LogP contribution in [0.5, 0.6) is 0 Å². The number of rotatable bonds is 3. The van der Waals surface area contributed by atoms with Crippen LogP contribution in [0.1, 0.15) is 11.3 Å². The lowest BCUT2D eigenvalue weighted by molar-refractivity contribution is 0.0364. The normalized spacial score (nSPS) is 20.1. The lowest BCUT2D eigenvalue weighted by atomic mass is 10.1. The van der Waals surface area contributed by atoms with Gasteiger partial charge in [-0.3, -0.25) is 4.90 Å². The summed E-state index contributed by atoms with van der Waals surface area (Å²) in [6.07, 6.45) is 1.13. The minimum atomic E-state index is 0.832. The number of fused-ring (bicyclic) bond motifs is 3. The maximum atomic E-state index is 6.26. The van der Waals surface area contributed by atoms with Gasteiger partial charge in [0.2, 0.25) is 0 Å². The van der Waals surface area contributed by atoms with Crippen molar-refractivity contribution >= 4 is 22.5 Å². The number of hydrogen-bond acceptors (Lipinski definition) is 3. The second kappa shape index (κ2) is 6.44. The van der Waals surface area contributed by atoms with E-state index in [-0.39, 0.29) is 0 Å². The molecule has 1 aromatic heterocycles. The van der Waals surface area contributed by atoms with Gasteiger partial charge in [0.15, 0.2) is 0 Å². The molecule has 0 radical (unpaired) electrons. The largest absolute Gasteiger partial charge is 0.379 e. The Bertz CT molecular complexity index is 706. The summed E-state index contributed by atoms with van der Waals surface area (Å²) in [6.45, 7) is 8.14. The summed E-state index contributed by atoms with van der Waals surface area (Å²) in [5.41, 5.74) is 4.31. The summed E-state index contributed by atoms with van der Waals surface area (Å²) in [5.74, 6) is 0. The van der Waals surface area contributed by atoms with Crippen molar-refractivity contribution in [3.8, 4) is 0 Å². The van der Waals surface area contributed by atoms with Crippen LogP contribution in [0.4, 0.5) is 0 Å². The van der Waals surface area contributed by atoms with Crippen LogP contribution in [-0.2, 0) is 24.2 Å². The van der Waals surface area contributed by atoms with Crippen LogP contribution >= 0.6 is 11.6 Å². The zero-order chi connectivity index (χ0) is 15.8. The molecule has 0 atom stereocenters. The van der Waals surface area contributed by atoms with Crippen molar-refractivity contribution in [3.05, 3.63) is 34.5 Å². The fourth-order valence-corrected chi connectivity index (χ4v) is 4.05. The molecule has 0 N–H and O–H groups in total. The van der Waals surface area contributed by atoms with Crippen LogP contribution in [0.3, 0.4) is 0 Å². The number of aromatic nitrogens is 1. The SMILES string of the molecule is CN1CCc2c(c3cc(Cl)ccc3n2CCN2CCOCC2)C1. The van der Waals surface area contributed by atoms with Gasteiger partial charge in [0, 0.05) is 67.3 Å². The van der Waals surface area contributed by atoms with E-state index >= 15 is 0 Å². The molecule has 1 aromatic carbocycles. The van der Waals surface area contributed by atoms with Gasteiger partial charge >= 0.3 is 0 Å². The van der Waals surface area contributed by atoms with Crippen molar-refractivity contribution in [2.75, 3.05) is 46.4 Å². The molecule has 4 rings (SSSR count). The average Bonchev–Trinajstić information content (AvgIpc) is 2.86. The van der Waals surface area contributed by atoms with E-state index in [0.717, 1.165) is 63.9 Å². The monoisotopic (exact) mass is 333 g/mol. The second-order valence-electron chi connectivity index (χ2n) is 6.68. The molecule has 2 aliphatic heterocycles. The molecule has 124 valence electrons. The van der Waals surface area contributed by atoms with E-state index in [2.05, 4.69) is 33.5 Å². The summed E-state index contributed by atoms with van der Waals surface area (Å²) in [5, 5.41) is 2.17. The van der Waals surface area contributed by atoms with Crippen molar-refractivity contribution < 1.29 is 4.74 Å². The first-order valence-electron chi connectivity index (χ1n) is 8.50. The molecule has 0 amide bonds. The van der Waals surface area contributed by atoms with Crippen LogP contribution in [0.25, 0.3) is 10.9 Å². The zero-order valence-corrected chi connectivity index (χ0v) is 14.5. The highest BCUT2D eigenvalue weighted by Gasteiger charge is 2.23. The predicted molar refractivity (Wildman–Crippen MR) is 94.2 cm³/mol. The molecule has 5 heteroatoms. The third-order valence-electron chi connectivity index (χ3n) is 5.15. The van der Waals surface area contributed by atoms with Gasteiger partial charge in [0.1, 0.15) is 0 Å². The standard InChI is InChI=1S/C18H24ClN3O/c1-20-5-4-18-16(13-20)15-12-14(19)2-3-17(15)22(18)7-6-21-8-10-23-11-9-21/h2-3,12H,4-11,13H2,1H3. The number of benzene rings is 1. The summed E-state index contributed by atoms with van der Waals surface area (Å²) < 4.78 is 7.99. The molecule has 0 unspecified atom stereocenters. The molecule has 23 heavy (non-hydrogen) atoms. The summed E-state index contributed by atoms with van der Waals surface area (Å²) in [4.78, 5) is 4.90. The highest BCUT2D eigenvalue weighted by atomic mass is 35.5. The first kappa shape index (κ1) is 15.5. The molecular formula is C18H24ClN3O. The zero-order valence-electron chi connectivity index (χ0n) is 13.7. The van der Waals surface area contributed by atoms with E-state index in [4.69, 9.17) is 16.3 Å². The Kier molecular flexibility index (Phi) is 4.33. The Balaban J connectivity index is 1.67. The number of ether oxygens (including phenoxy) is 1. The maximum Gasteiger partial charge on any atom is 0.0594 e. The Morgan fingerprint density at radius 3 is 2.78 bits per heavy atom. The lowest BCUT2D eigenvalue weighted by Gasteiger charge is -2.28. The maximum absolute atomic E-state index is 6.26. The molecule has 3 heterocycles. The number of morpholine rings is 1. The molecule has 2 aromatic rings. The minimum absolute atomic E-state index is 0.832. The van der Waals surface area contributed by atoms with E-state index in [1.165, 1.54) is 22.2 Å². The summed E-state index contributed by atoms with van der Waals surface area (Å²) >= 11 is 6.26. The van der Waals surface area contributed by atoms with Crippen molar-refractivity contribution in [2.24, 2.45) is 0 Å².